The second kappa shape index (κ2) is 10.3. The number of carbonyl (C=O) groups excluding carboxylic acids is 1. The van der Waals surface area contributed by atoms with Gasteiger partial charge in [0.2, 0.25) is 5.91 Å². The summed E-state index contributed by atoms with van der Waals surface area (Å²) in [6, 6.07) is 11.5. The quantitative estimate of drug-likeness (QED) is 0.594. The summed E-state index contributed by atoms with van der Waals surface area (Å²) < 4.78 is 10.3. The summed E-state index contributed by atoms with van der Waals surface area (Å²) in [7, 11) is 5.32. The van der Waals surface area contributed by atoms with Crippen LogP contribution in [0.5, 0.6) is 5.75 Å². The minimum Gasteiger partial charge on any atom is -0.497 e. The molecule has 2 aromatic rings. The highest BCUT2D eigenvalue weighted by Crippen LogP contribution is 2.24. The van der Waals surface area contributed by atoms with Crippen molar-refractivity contribution >= 4 is 22.9 Å². The number of thiophene rings is 1. The minimum absolute atomic E-state index is 0.0866. The molecule has 1 atom stereocenters. The molecule has 1 aromatic heterocycles. The van der Waals surface area contributed by atoms with Crippen molar-refractivity contribution in [2.45, 2.75) is 25.9 Å². The predicted molar refractivity (Wildman–Crippen MR) is 107 cm³/mol. The highest BCUT2D eigenvalue weighted by molar-refractivity contribution is 7.09. The molecule has 0 aliphatic carbocycles. The fourth-order valence-corrected chi connectivity index (χ4v) is 3.38. The van der Waals surface area contributed by atoms with Gasteiger partial charge in [-0.3, -0.25) is 9.69 Å². The van der Waals surface area contributed by atoms with Gasteiger partial charge in [-0.05, 0) is 56.1 Å². The topological polar surface area (TPSA) is 42.0 Å². The number of rotatable bonds is 10. The largest absolute Gasteiger partial charge is 0.497 e. The maximum Gasteiger partial charge on any atom is 0.244 e. The van der Waals surface area contributed by atoms with Gasteiger partial charge >= 0.3 is 0 Å². The van der Waals surface area contributed by atoms with E-state index in [0.29, 0.717) is 13.2 Å². The molecule has 0 aliphatic rings. The zero-order chi connectivity index (χ0) is 18.9. The molecule has 0 saturated heterocycles. The SMILES string of the molecule is COCCCN(C)C(C)C(=O)N(Cc1cccs1)c1ccc(OC)cc1. The summed E-state index contributed by atoms with van der Waals surface area (Å²) in [6.07, 6.45) is 0.901. The monoisotopic (exact) mass is 376 g/mol. The Bertz CT molecular complexity index is 658. The lowest BCUT2D eigenvalue weighted by molar-refractivity contribution is -0.123. The summed E-state index contributed by atoms with van der Waals surface area (Å²) in [5.74, 6) is 0.866. The first-order valence-corrected chi connectivity index (χ1v) is 9.61. The van der Waals surface area contributed by atoms with Crippen molar-refractivity contribution in [2.24, 2.45) is 0 Å². The summed E-state index contributed by atoms with van der Waals surface area (Å²) in [5, 5.41) is 2.03. The van der Waals surface area contributed by atoms with Crippen LogP contribution in [0.4, 0.5) is 5.69 Å². The summed E-state index contributed by atoms with van der Waals surface area (Å²) in [6.45, 7) is 4.04. The molecule has 142 valence electrons. The van der Waals surface area contributed by atoms with Crippen LogP contribution in [-0.4, -0.2) is 51.3 Å². The highest BCUT2D eigenvalue weighted by Gasteiger charge is 2.25. The number of ether oxygens (including phenoxy) is 2. The maximum atomic E-state index is 13.2. The van der Waals surface area contributed by atoms with Gasteiger partial charge in [0, 0.05) is 30.8 Å². The third-order valence-electron chi connectivity index (χ3n) is 4.42. The maximum absolute atomic E-state index is 13.2. The van der Waals surface area contributed by atoms with Gasteiger partial charge in [-0.1, -0.05) is 6.07 Å². The Morgan fingerprint density at radius 3 is 2.50 bits per heavy atom. The summed E-state index contributed by atoms with van der Waals surface area (Å²) in [5.41, 5.74) is 0.876. The molecule has 1 amide bonds. The lowest BCUT2D eigenvalue weighted by atomic mass is 10.2. The van der Waals surface area contributed by atoms with E-state index < -0.39 is 0 Å². The van der Waals surface area contributed by atoms with E-state index in [4.69, 9.17) is 9.47 Å². The van der Waals surface area contributed by atoms with Crippen LogP contribution in [0.3, 0.4) is 0 Å². The molecular formula is C20H28N2O3S. The zero-order valence-corrected chi connectivity index (χ0v) is 16.8. The number of hydrogen-bond donors (Lipinski definition) is 0. The first-order valence-electron chi connectivity index (χ1n) is 8.73. The van der Waals surface area contributed by atoms with Crippen LogP contribution in [0.2, 0.25) is 0 Å². The van der Waals surface area contributed by atoms with E-state index in [2.05, 4.69) is 11.0 Å². The smallest absolute Gasteiger partial charge is 0.244 e. The van der Waals surface area contributed by atoms with Crippen LogP contribution >= 0.6 is 11.3 Å². The van der Waals surface area contributed by atoms with Crippen LogP contribution in [-0.2, 0) is 16.1 Å². The molecule has 0 bridgehead atoms. The number of methoxy groups -OCH3 is 2. The fourth-order valence-electron chi connectivity index (χ4n) is 2.68. The summed E-state index contributed by atoms with van der Waals surface area (Å²) in [4.78, 5) is 18.3. The van der Waals surface area contributed by atoms with Crippen molar-refractivity contribution < 1.29 is 14.3 Å². The van der Waals surface area contributed by atoms with Gasteiger partial charge in [0.15, 0.2) is 0 Å². The van der Waals surface area contributed by atoms with Crippen molar-refractivity contribution in [3.8, 4) is 5.75 Å². The Labute approximate surface area is 160 Å². The summed E-state index contributed by atoms with van der Waals surface area (Å²) >= 11 is 1.66. The molecule has 5 nitrogen and oxygen atoms in total. The number of benzene rings is 1. The predicted octanol–water partition coefficient (Wildman–Crippen LogP) is 3.65. The molecule has 6 heteroatoms. The van der Waals surface area contributed by atoms with Crippen molar-refractivity contribution in [1.29, 1.82) is 0 Å². The van der Waals surface area contributed by atoms with Crippen LogP contribution in [0, 0.1) is 0 Å². The van der Waals surface area contributed by atoms with Gasteiger partial charge in [0.1, 0.15) is 5.75 Å². The van der Waals surface area contributed by atoms with Gasteiger partial charge in [0.25, 0.3) is 0 Å². The molecule has 1 unspecified atom stereocenters. The van der Waals surface area contributed by atoms with Crippen molar-refractivity contribution in [3.05, 3.63) is 46.7 Å². The van der Waals surface area contributed by atoms with E-state index >= 15 is 0 Å². The number of amides is 1. The van der Waals surface area contributed by atoms with Crippen molar-refractivity contribution in [1.82, 2.24) is 4.90 Å². The number of nitrogens with zero attached hydrogens (tertiary/aromatic N) is 2. The molecule has 0 aliphatic heterocycles. The Kier molecular flexibility index (Phi) is 8.09. The number of anilines is 1. The first kappa shape index (κ1) is 20.4. The van der Waals surface area contributed by atoms with E-state index in [9.17, 15) is 4.79 Å². The Morgan fingerprint density at radius 2 is 1.92 bits per heavy atom. The van der Waals surface area contributed by atoms with Gasteiger partial charge in [-0.2, -0.15) is 0 Å². The molecule has 1 heterocycles. The molecule has 1 aromatic carbocycles. The van der Waals surface area contributed by atoms with Gasteiger partial charge in [0.05, 0.1) is 19.7 Å². The van der Waals surface area contributed by atoms with Gasteiger partial charge < -0.3 is 14.4 Å². The van der Waals surface area contributed by atoms with E-state index in [0.717, 1.165) is 29.3 Å². The third kappa shape index (κ3) is 5.56. The molecule has 0 saturated carbocycles. The van der Waals surface area contributed by atoms with E-state index in [1.807, 2.05) is 54.6 Å². The number of hydrogen-bond acceptors (Lipinski definition) is 5. The molecule has 0 spiro atoms. The molecule has 26 heavy (non-hydrogen) atoms. The third-order valence-corrected chi connectivity index (χ3v) is 5.28. The van der Waals surface area contributed by atoms with Crippen LogP contribution in [0.25, 0.3) is 0 Å². The van der Waals surface area contributed by atoms with E-state index in [1.54, 1.807) is 25.6 Å². The molecule has 2 rings (SSSR count). The van der Waals surface area contributed by atoms with Crippen LogP contribution in [0.1, 0.15) is 18.2 Å². The Morgan fingerprint density at radius 1 is 1.19 bits per heavy atom. The number of carbonyl (C=O) groups is 1. The Hall–Kier alpha value is -1.89. The average molecular weight is 377 g/mol. The Balaban J connectivity index is 2.17. The standard InChI is InChI=1S/C20H28N2O3S/c1-16(21(2)12-6-13-24-3)20(23)22(15-19-7-5-14-26-19)17-8-10-18(25-4)11-9-17/h5,7-11,14,16H,6,12-13,15H2,1-4H3. The van der Waals surface area contributed by atoms with Crippen molar-refractivity contribution in [2.75, 3.05) is 39.3 Å². The second-order valence-corrected chi connectivity index (χ2v) is 7.24. The number of likely N-dealkylation sites (N-methyl/N-ethyl adjacent to an activating group) is 1. The van der Waals surface area contributed by atoms with E-state index in [-0.39, 0.29) is 11.9 Å². The first-order chi connectivity index (χ1) is 12.6. The van der Waals surface area contributed by atoms with E-state index in [1.165, 1.54) is 0 Å². The average Bonchev–Trinajstić information content (AvgIpc) is 3.18. The van der Waals surface area contributed by atoms with Gasteiger partial charge in [-0.15, -0.1) is 11.3 Å². The lowest BCUT2D eigenvalue weighted by Gasteiger charge is -2.30. The zero-order valence-electron chi connectivity index (χ0n) is 16.0. The molecule has 0 N–H and O–H groups in total. The fraction of sp³-hybridized carbons (Fsp3) is 0.450. The second-order valence-electron chi connectivity index (χ2n) is 6.20. The van der Waals surface area contributed by atoms with Crippen LogP contribution < -0.4 is 9.64 Å². The molecular weight excluding hydrogens is 348 g/mol. The molecule has 0 fully saturated rings. The van der Waals surface area contributed by atoms with Gasteiger partial charge in [-0.25, -0.2) is 0 Å². The van der Waals surface area contributed by atoms with Crippen molar-refractivity contribution in [3.63, 3.8) is 0 Å². The lowest BCUT2D eigenvalue weighted by Crippen LogP contribution is -2.46. The molecule has 0 radical (unpaired) electrons. The van der Waals surface area contributed by atoms with Crippen LogP contribution in [0.15, 0.2) is 41.8 Å². The highest BCUT2D eigenvalue weighted by atomic mass is 32.1. The normalized spacial score (nSPS) is 12.2. The minimum atomic E-state index is -0.214.